The van der Waals surface area contributed by atoms with Crippen molar-refractivity contribution in [1.29, 1.82) is 0 Å². The Morgan fingerprint density at radius 1 is 1.04 bits per heavy atom. The molecule has 0 heterocycles. The highest BCUT2D eigenvalue weighted by molar-refractivity contribution is 5.99. The predicted molar refractivity (Wildman–Crippen MR) is 94.3 cm³/mol. The maximum absolute atomic E-state index is 12.9. The number of anilines is 1. The number of carbonyl (C=O) groups excluding carboxylic acids is 2. The quantitative estimate of drug-likeness (QED) is 0.648. The van der Waals surface area contributed by atoms with Gasteiger partial charge in [0, 0.05) is 11.3 Å². The van der Waals surface area contributed by atoms with E-state index in [2.05, 4.69) is 5.32 Å². The van der Waals surface area contributed by atoms with E-state index >= 15 is 0 Å². The summed E-state index contributed by atoms with van der Waals surface area (Å²) in [5.41, 5.74) is 3.34. The summed E-state index contributed by atoms with van der Waals surface area (Å²) < 4.78 is 0. The van der Waals surface area contributed by atoms with Gasteiger partial charge in [-0.2, -0.15) is 0 Å². The van der Waals surface area contributed by atoms with Crippen LogP contribution >= 0.6 is 0 Å². The Kier molecular flexibility index (Phi) is 4.50. The molecule has 1 aromatic carbocycles. The molecule has 0 saturated heterocycles. The van der Waals surface area contributed by atoms with Gasteiger partial charge in [0.2, 0.25) is 5.91 Å². The third-order valence-electron chi connectivity index (χ3n) is 5.54. The lowest BCUT2D eigenvalue weighted by Gasteiger charge is -2.26. The molecule has 1 aromatic rings. The summed E-state index contributed by atoms with van der Waals surface area (Å²) in [6, 6.07) is 6.75. The molecular formula is C20H23NO4. The molecule has 2 fully saturated rings. The average molecular weight is 341 g/mol. The molecule has 2 saturated carbocycles. The van der Waals surface area contributed by atoms with Crippen molar-refractivity contribution >= 4 is 23.3 Å². The van der Waals surface area contributed by atoms with Crippen molar-refractivity contribution in [2.75, 3.05) is 5.32 Å². The molecule has 132 valence electrons. The smallest absolute Gasteiger partial charge is 0.307 e. The van der Waals surface area contributed by atoms with Gasteiger partial charge >= 0.3 is 5.97 Å². The number of fused-ring (bicyclic) bond motifs is 2. The van der Waals surface area contributed by atoms with Crippen LogP contribution in [0, 0.1) is 23.7 Å². The molecular weight excluding hydrogens is 318 g/mol. The summed E-state index contributed by atoms with van der Waals surface area (Å²) in [6.07, 6.45) is 1.70. The molecule has 2 aliphatic rings. The van der Waals surface area contributed by atoms with E-state index in [1.165, 1.54) is 6.92 Å². The minimum absolute atomic E-state index is 0.00656. The standard InChI is InChI=1S/C20H23NO4/c1-10(2)16-14-7-8-15(16)18(20(24)25)17(14)19(23)21-13-6-4-5-12(9-13)11(3)22/h4-6,9,14-15,17-18H,7-8H2,1-3H3,(H,21,23)(H,24,25)/t14-,15-,17-,18+/m1/s1. The molecule has 0 radical (unpaired) electrons. The molecule has 25 heavy (non-hydrogen) atoms. The molecule has 4 atom stereocenters. The molecule has 0 aromatic heterocycles. The van der Waals surface area contributed by atoms with Gasteiger partial charge in [0.15, 0.2) is 5.78 Å². The SMILES string of the molecule is CC(=O)c1cccc(NC(=O)[C@H]2[C@@H](C(=O)O)[C@@H]3CC[C@@H]2C3=C(C)C)c1. The van der Waals surface area contributed by atoms with E-state index in [1.54, 1.807) is 24.3 Å². The zero-order valence-corrected chi connectivity index (χ0v) is 14.7. The minimum Gasteiger partial charge on any atom is -0.481 e. The van der Waals surface area contributed by atoms with Gasteiger partial charge in [-0.15, -0.1) is 0 Å². The van der Waals surface area contributed by atoms with Gasteiger partial charge in [-0.1, -0.05) is 23.3 Å². The van der Waals surface area contributed by atoms with E-state index in [-0.39, 0.29) is 23.5 Å². The largest absolute Gasteiger partial charge is 0.481 e. The number of carbonyl (C=O) groups is 3. The van der Waals surface area contributed by atoms with Crippen LogP contribution < -0.4 is 5.32 Å². The second-order valence-electron chi connectivity index (χ2n) is 7.26. The summed E-state index contributed by atoms with van der Waals surface area (Å²) >= 11 is 0. The summed E-state index contributed by atoms with van der Waals surface area (Å²) in [4.78, 5) is 36.2. The lowest BCUT2D eigenvalue weighted by atomic mass is 9.78. The lowest BCUT2D eigenvalue weighted by molar-refractivity contribution is -0.148. The first-order valence-electron chi connectivity index (χ1n) is 8.63. The van der Waals surface area contributed by atoms with E-state index in [0.717, 1.165) is 24.0 Å². The number of carboxylic acid groups (broad SMARTS) is 1. The van der Waals surface area contributed by atoms with Crippen molar-refractivity contribution in [3.05, 3.63) is 41.0 Å². The number of rotatable bonds is 4. The van der Waals surface area contributed by atoms with Crippen molar-refractivity contribution in [3.8, 4) is 0 Å². The van der Waals surface area contributed by atoms with Gasteiger partial charge in [0.1, 0.15) is 0 Å². The van der Waals surface area contributed by atoms with E-state index in [9.17, 15) is 19.5 Å². The van der Waals surface area contributed by atoms with E-state index in [1.807, 2.05) is 13.8 Å². The number of nitrogens with one attached hydrogen (secondary N) is 1. The number of amides is 1. The van der Waals surface area contributed by atoms with Crippen LogP contribution in [-0.4, -0.2) is 22.8 Å². The number of hydrogen-bond acceptors (Lipinski definition) is 3. The zero-order valence-electron chi connectivity index (χ0n) is 14.7. The van der Waals surface area contributed by atoms with Crippen molar-refractivity contribution in [1.82, 2.24) is 0 Å². The van der Waals surface area contributed by atoms with Gasteiger partial charge in [0.05, 0.1) is 11.8 Å². The lowest BCUT2D eigenvalue weighted by Crippen LogP contribution is -2.37. The van der Waals surface area contributed by atoms with Gasteiger partial charge in [-0.3, -0.25) is 14.4 Å². The number of allylic oxidation sites excluding steroid dienone is 2. The zero-order chi connectivity index (χ0) is 18.3. The highest BCUT2D eigenvalue weighted by atomic mass is 16.4. The summed E-state index contributed by atoms with van der Waals surface area (Å²) in [5.74, 6) is -2.49. The first-order valence-corrected chi connectivity index (χ1v) is 8.63. The fourth-order valence-corrected chi connectivity index (χ4v) is 4.65. The molecule has 3 rings (SSSR count). The monoisotopic (exact) mass is 341 g/mol. The Morgan fingerprint density at radius 2 is 1.68 bits per heavy atom. The van der Waals surface area contributed by atoms with Crippen molar-refractivity contribution < 1.29 is 19.5 Å². The summed E-state index contributed by atoms with van der Waals surface area (Å²) in [5, 5.41) is 12.5. The van der Waals surface area contributed by atoms with Crippen LogP contribution in [0.5, 0.6) is 0 Å². The molecule has 1 amide bonds. The molecule has 0 unspecified atom stereocenters. The van der Waals surface area contributed by atoms with Gasteiger partial charge in [0.25, 0.3) is 0 Å². The second kappa shape index (κ2) is 6.47. The number of carboxylic acids is 1. The Bertz CT molecular complexity index is 776. The average Bonchev–Trinajstić information content (AvgIpc) is 3.11. The van der Waals surface area contributed by atoms with Crippen molar-refractivity contribution in [3.63, 3.8) is 0 Å². The normalized spacial score (nSPS) is 27.2. The van der Waals surface area contributed by atoms with Crippen LogP contribution in [0.3, 0.4) is 0 Å². The number of Topliss-reactive ketones (excluding diaryl/α,β-unsaturated/α-hetero) is 1. The second-order valence-corrected chi connectivity index (χ2v) is 7.26. The van der Waals surface area contributed by atoms with Crippen molar-refractivity contribution in [2.45, 2.75) is 33.6 Å². The van der Waals surface area contributed by atoms with Crippen LogP contribution in [-0.2, 0) is 9.59 Å². The molecule has 0 aliphatic heterocycles. The first kappa shape index (κ1) is 17.4. The highest BCUT2D eigenvalue weighted by Gasteiger charge is 2.57. The number of ketones is 1. The molecule has 2 N–H and O–H groups in total. The van der Waals surface area contributed by atoms with Crippen LogP contribution in [0.2, 0.25) is 0 Å². The Hall–Kier alpha value is -2.43. The number of aliphatic carboxylic acids is 1. The third-order valence-corrected chi connectivity index (χ3v) is 5.54. The fourth-order valence-electron chi connectivity index (χ4n) is 4.65. The fraction of sp³-hybridized carbons (Fsp3) is 0.450. The maximum Gasteiger partial charge on any atom is 0.307 e. The molecule has 5 heteroatoms. The Balaban J connectivity index is 1.88. The number of hydrogen-bond donors (Lipinski definition) is 2. The third kappa shape index (κ3) is 2.99. The molecule has 5 nitrogen and oxygen atoms in total. The highest BCUT2D eigenvalue weighted by Crippen LogP contribution is 2.57. The Labute approximate surface area is 147 Å². The van der Waals surface area contributed by atoms with Crippen LogP contribution in [0.25, 0.3) is 0 Å². The first-order chi connectivity index (χ1) is 11.8. The van der Waals surface area contributed by atoms with Crippen LogP contribution in [0.1, 0.15) is 44.0 Å². The van der Waals surface area contributed by atoms with Gasteiger partial charge in [-0.05, 0) is 57.6 Å². The van der Waals surface area contributed by atoms with E-state index in [0.29, 0.717) is 11.3 Å². The Morgan fingerprint density at radius 3 is 2.24 bits per heavy atom. The topological polar surface area (TPSA) is 83.5 Å². The number of benzene rings is 1. The van der Waals surface area contributed by atoms with Crippen LogP contribution in [0.4, 0.5) is 5.69 Å². The summed E-state index contributed by atoms with van der Waals surface area (Å²) in [6.45, 7) is 5.46. The molecule has 2 aliphatic carbocycles. The van der Waals surface area contributed by atoms with E-state index in [4.69, 9.17) is 0 Å². The van der Waals surface area contributed by atoms with Crippen molar-refractivity contribution in [2.24, 2.45) is 23.7 Å². The van der Waals surface area contributed by atoms with Gasteiger partial charge in [-0.25, -0.2) is 0 Å². The van der Waals surface area contributed by atoms with E-state index < -0.39 is 17.8 Å². The molecule has 0 spiro atoms. The molecule has 2 bridgehead atoms. The summed E-state index contributed by atoms with van der Waals surface area (Å²) in [7, 11) is 0. The maximum atomic E-state index is 12.9. The minimum atomic E-state index is -0.899. The van der Waals surface area contributed by atoms with Crippen LogP contribution in [0.15, 0.2) is 35.4 Å². The van der Waals surface area contributed by atoms with Gasteiger partial charge < -0.3 is 10.4 Å². The predicted octanol–water partition coefficient (Wildman–Crippen LogP) is 3.52.